The summed E-state index contributed by atoms with van der Waals surface area (Å²) in [4.78, 5) is 31.8. The number of aromatic nitrogens is 3. The minimum absolute atomic E-state index is 0.397. The standard InChI is InChI=1S/C10H7N3O3S/c1-16-5-3-2-4-6(11-5)7-8(17-4)9(14)13-10(15)12-7/h2-3H,1H3,(H2,12,13,14,15). The summed E-state index contributed by atoms with van der Waals surface area (Å²) < 4.78 is 6.30. The van der Waals surface area contributed by atoms with Crippen LogP contribution in [0.5, 0.6) is 5.88 Å². The molecule has 0 bridgehead atoms. The number of nitrogens with one attached hydrogen (secondary N) is 2. The third-order valence-corrected chi connectivity index (χ3v) is 3.53. The van der Waals surface area contributed by atoms with E-state index in [0.29, 0.717) is 21.6 Å². The van der Waals surface area contributed by atoms with Crippen LogP contribution in [0.1, 0.15) is 0 Å². The summed E-state index contributed by atoms with van der Waals surface area (Å²) in [5.41, 5.74) is 0.0998. The number of rotatable bonds is 1. The van der Waals surface area contributed by atoms with Gasteiger partial charge in [-0.25, -0.2) is 9.78 Å². The fourth-order valence-corrected chi connectivity index (χ4v) is 2.65. The van der Waals surface area contributed by atoms with E-state index in [1.165, 1.54) is 18.4 Å². The smallest absolute Gasteiger partial charge is 0.326 e. The molecule has 3 rings (SSSR count). The van der Waals surface area contributed by atoms with E-state index in [4.69, 9.17) is 4.74 Å². The van der Waals surface area contributed by atoms with Gasteiger partial charge in [0, 0.05) is 6.07 Å². The molecule has 2 N–H and O–H groups in total. The van der Waals surface area contributed by atoms with Crippen molar-refractivity contribution in [3.8, 4) is 5.88 Å². The Morgan fingerprint density at radius 3 is 2.88 bits per heavy atom. The van der Waals surface area contributed by atoms with Crippen LogP contribution in [0.2, 0.25) is 0 Å². The van der Waals surface area contributed by atoms with Crippen LogP contribution in [-0.4, -0.2) is 22.1 Å². The number of methoxy groups -OCH3 is 1. The van der Waals surface area contributed by atoms with E-state index in [1.807, 2.05) is 6.07 Å². The zero-order chi connectivity index (χ0) is 12.0. The molecule has 17 heavy (non-hydrogen) atoms. The van der Waals surface area contributed by atoms with Crippen molar-refractivity contribution in [3.63, 3.8) is 0 Å². The monoisotopic (exact) mass is 249 g/mol. The summed E-state index contributed by atoms with van der Waals surface area (Å²) in [6, 6.07) is 3.52. The predicted octanol–water partition coefficient (Wildman–Crippen LogP) is 0.835. The maximum Gasteiger partial charge on any atom is 0.326 e. The molecule has 0 saturated heterocycles. The molecule has 0 aliphatic rings. The van der Waals surface area contributed by atoms with Crippen molar-refractivity contribution in [1.29, 1.82) is 0 Å². The van der Waals surface area contributed by atoms with Crippen molar-refractivity contribution in [2.24, 2.45) is 0 Å². The van der Waals surface area contributed by atoms with Gasteiger partial charge in [0.15, 0.2) is 0 Å². The van der Waals surface area contributed by atoms with Gasteiger partial charge in [-0.3, -0.25) is 9.78 Å². The third-order valence-electron chi connectivity index (χ3n) is 2.39. The molecular formula is C10H7N3O3S. The summed E-state index contributed by atoms with van der Waals surface area (Å²) in [7, 11) is 1.51. The number of fused-ring (bicyclic) bond motifs is 3. The van der Waals surface area contributed by atoms with Gasteiger partial charge < -0.3 is 9.72 Å². The SMILES string of the molecule is COc1ccc2sc3c(=O)[nH]c(=O)[nH]c3c2n1. The van der Waals surface area contributed by atoms with Crippen molar-refractivity contribution >= 4 is 31.8 Å². The van der Waals surface area contributed by atoms with Crippen molar-refractivity contribution < 1.29 is 4.74 Å². The molecule has 0 saturated carbocycles. The highest BCUT2D eigenvalue weighted by atomic mass is 32.1. The molecule has 86 valence electrons. The van der Waals surface area contributed by atoms with Crippen LogP contribution in [0.4, 0.5) is 0 Å². The summed E-state index contributed by atoms with van der Waals surface area (Å²) in [5.74, 6) is 0.443. The van der Waals surface area contributed by atoms with Crippen molar-refractivity contribution in [1.82, 2.24) is 15.0 Å². The number of aromatic amines is 2. The van der Waals surface area contributed by atoms with Gasteiger partial charge >= 0.3 is 5.69 Å². The quantitative estimate of drug-likeness (QED) is 0.668. The Labute approximate surface area is 97.9 Å². The Bertz CT molecular complexity index is 830. The second kappa shape index (κ2) is 3.42. The number of nitrogens with zero attached hydrogens (tertiary/aromatic N) is 1. The molecule has 0 amide bonds. The number of pyridine rings is 1. The highest BCUT2D eigenvalue weighted by Crippen LogP contribution is 2.29. The van der Waals surface area contributed by atoms with Gasteiger partial charge in [0.2, 0.25) is 5.88 Å². The molecular weight excluding hydrogens is 242 g/mol. The highest BCUT2D eigenvalue weighted by molar-refractivity contribution is 7.25. The molecule has 0 atom stereocenters. The van der Waals surface area contributed by atoms with E-state index < -0.39 is 11.2 Å². The first kappa shape index (κ1) is 10.0. The van der Waals surface area contributed by atoms with Gasteiger partial charge in [-0.2, -0.15) is 0 Å². The van der Waals surface area contributed by atoms with Crippen LogP contribution in [-0.2, 0) is 0 Å². The second-order valence-electron chi connectivity index (χ2n) is 3.41. The minimum Gasteiger partial charge on any atom is -0.481 e. The van der Waals surface area contributed by atoms with E-state index >= 15 is 0 Å². The van der Waals surface area contributed by atoms with Gasteiger partial charge in [-0.15, -0.1) is 11.3 Å². The molecule has 0 fully saturated rings. The fraction of sp³-hybridized carbons (Fsp3) is 0.100. The van der Waals surface area contributed by atoms with Crippen LogP contribution < -0.4 is 16.0 Å². The average molecular weight is 249 g/mol. The van der Waals surface area contributed by atoms with Crippen LogP contribution in [0.15, 0.2) is 21.7 Å². The van der Waals surface area contributed by atoms with Gasteiger partial charge in [0.1, 0.15) is 10.2 Å². The van der Waals surface area contributed by atoms with Crippen LogP contribution >= 0.6 is 11.3 Å². The Morgan fingerprint density at radius 2 is 2.12 bits per heavy atom. The number of ether oxygens (including phenoxy) is 1. The average Bonchev–Trinajstić information content (AvgIpc) is 2.67. The number of hydrogen-bond donors (Lipinski definition) is 2. The molecule has 0 radical (unpaired) electrons. The lowest BCUT2D eigenvalue weighted by atomic mass is 10.3. The Morgan fingerprint density at radius 1 is 1.29 bits per heavy atom. The van der Waals surface area contributed by atoms with E-state index in [0.717, 1.165) is 4.70 Å². The number of thiophene rings is 1. The Kier molecular flexibility index (Phi) is 2.02. The van der Waals surface area contributed by atoms with E-state index in [-0.39, 0.29) is 0 Å². The van der Waals surface area contributed by atoms with Gasteiger partial charge in [-0.1, -0.05) is 0 Å². The maximum atomic E-state index is 11.6. The topological polar surface area (TPSA) is 87.8 Å². The molecule has 3 aromatic rings. The van der Waals surface area contributed by atoms with Gasteiger partial charge in [0.25, 0.3) is 5.56 Å². The highest BCUT2D eigenvalue weighted by Gasteiger charge is 2.11. The zero-order valence-electron chi connectivity index (χ0n) is 8.73. The Hall–Kier alpha value is -2.15. The second-order valence-corrected chi connectivity index (χ2v) is 4.47. The lowest BCUT2D eigenvalue weighted by Gasteiger charge is -1.97. The summed E-state index contributed by atoms with van der Waals surface area (Å²) in [6.07, 6.45) is 0. The lowest BCUT2D eigenvalue weighted by molar-refractivity contribution is 0.399. The molecule has 0 spiro atoms. The fourth-order valence-electron chi connectivity index (χ4n) is 1.65. The molecule has 0 aliphatic heterocycles. The van der Waals surface area contributed by atoms with E-state index in [2.05, 4.69) is 15.0 Å². The normalized spacial score (nSPS) is 11.1. The molecule has 6 nitrogen and oxygen atoms in total. The van der Waals surface area contributed by atoms with Gasteiger partial charge in [0.05, 0.1) is 17.3 Å². The third kappa shape index (κ3) is 1.43. The molecule has 7 heteroatoms. The summed E-state index contributed by atoms with van der Waals surface area (Å²) >= 11 is 1.28. The summed E-state index contributed by atoms with van der Waals surface area (Å²) in [6.45, 7) is 0. The first-order chi connectivity index (χ1) is 8.19. The lowest BCUT2D eigenvalue weighted by Crippen LogP contribution is -2.20. The number of hydrogen-bond acceptors (Lipinski definition) is 5. The number of H-pyrrole nitrogens is 2. The van der Waals surface area contributed by atoms with E-state index in [9.17, 15) is 9.59 Å². The van der Waals surface area contributed by atoms with Crippen molar-refractivity contribution in [3.05, 3.63) is 33.0 Å². The molecule has 3 heterocycles. The van der Waals surface area contributed by atoms with Gasteiger partial charge in [-0.05, 0) is 6.07 Å². The summed E-state index contributed by atoms with van der Waals surface area (Å²) in [5, 5.41) is 0. The minimum atomic E-state index is -0.535. The Balaban J connectivity index is 2.57. The molecule has 0 unspecified atom stereocenters. The first-order valence-electron chi connectivity index (χ1n) is 4.79. The molecule has 3 aromatic heterocycles. The van der Waals surface area contributed by atoms with E-state index in [1.54, 1.807) is 6.07 Å². The van der Waals surface area contributed by atoms with Crippen LogP contribution in [0.3, 0.4) is 0 Å². The largest absolute Gasteiger partial charge is 0.481 e. The predicted molar refractivity (Wildman–Crippen MR) is 64.9 cm³/mol. The van der Waals surface area contributed by atoms with Crippen molar-refractivity contribution in [2.75, 3.05) is 7.11 Å². The molecule has 0 aromatic carbocycles. The first-order valence-corrected chi connectivity index (χ1v) is 5.60. The molecule has 0 aliphatic carbocycles. The van der Waals surface area contributed by atoms with Crippen LogP contribution in [0.25, 0.3) is 20.4 Å². The maximum absolute atomic E-state index is 11.6. The zero-order valence-corrected chi connectivity index (χ0v) is 9.55. The van der Waals surface area contributed by atoms with Crippen LogP contribution in [0, 0.1) is 0 Å². The van der Waals surface area contributed by atoms with Crippen molar-refractivity contribution in [2.45, 2.75) is 0 Å².